The molecule has 5 nitrogen and oxygen atoms in total. The van der Waals surface area contributed by atoms with E-state index in [1.807, 2.05) is 53.9 Å². The Balaban J connectivity index is 1.81. The van der Waals surface area contributed by atoms with Crippen LogP contribution in [0.3, 0.4) is 0 Å². The highest BCUT2D eigenvalue weighted by molar-refractivity contribution is 7.14. The van der Waals surface area contributed by atoms with Gasteiger partial charge in [0, 0.05) is 31.2 Å². The van der Waals surface area contributed by atoms with E-state index < -0.39 is 0 Å². The largest absolute Gasteiger partial charge is 0.352 e. The summed E-state index contributed by atoms with van der Waals surface area (Å²) in [5.74, 6) is 0.0232. The average molecular weight is 331 g/mol. The molecule has 1 saturated heterocycles. The first-order valence-corrected chi connectivity index (χ1v) is 8.73. The molecule has 1 aliphatic rings. The number of nitrogens with one attached hydrogen (secondary N) is 1. The van der Waals surface area contributed by atoms with Crippen molar-refractivity contribution in [2.24, 2.45) is 7.05 Å². The maximum Gasteiger partial charge on any atom is 0.271 e. The van der Waals surface area contributed by atoms with E-state index in [1.165, 1.54) is 11.3 Å². The van der Waals surface area contributed by atoms with Crippen molar-refractivity contribution in [3.63, 3.8) is 0 Å². The van der Waals surface area contributed by atoms with E-state index in [4.69, 9.17) is 0 Å². The zero-order valence-corrected chi connectivity index (χ0v) is 14.2. The first-order valence-electron chi connectivity index (χ1n) is 7.92. The molecule has 2 amide bonds. The van der Waals surface area contributed by atoms with Gasteiger partial charge < -0.3 is 14.8 Å². The normalized spacial score (nSPS) is 17.5. The fourth-order valence-electron chi connectivity index (χ4n) is 3.04. The highest BCUT2D eigenvalue weighted by Crippen LogP contribution is 2.36. The lowest BCUT2D eigenvalue weighted by atomic mass is 10.2. The summed E-state index contributed by atoms with van der Waals surface area (Å²) in [7, 11) is 1.89. The van der Waals surface area contributed by atoms with Crippen molar-refractivity contribution >= 4 is 23.2 Å². The number of rotatable bonds is 4. The third kappa shape index (κ3) is 3.03. The monoisotopic (exact) mass is 331 g/mol. The van der Waals surface area contributed by atoms with Crippen LogP contribution in [-0.2, 0) is 7.05 Å². The van der Waals surface area contributed by atoms with E-state index in [0.717, 1.165) is 24.3 Å². The highest BCUT2D eigenvalue weighted by Gasteiger charge is 2.32. The molecule has 0 radical (unpaired) electrons. The Kier molecular flexibility index (Phi) is 4.52. The third-order valence-electron chi connectivity index (χ3n) is 4.19. The Morgan fingerprint density at radius 3 is 2.87 bits per heavy atom. The lowest BCUT2D eigenvalue weighted by molar-refractivity contribution is 0.0728. The number of thiophene rings is 1. The van der Waals surface area contributed by atoms with E-state index in [0.29, 0.717) is 17.1 Å². The molecule has 3 rings (SSSR count). The second kappa shape index (κ2) is 6.58. The fraction of sp³-hybridized carbons (Fsp3) is 0.412. The second-order valence-electron chi connectivity index (χ2n) is 5.72. The van der Waals surface area contributed by atoms with Gasteiger partial charge in [-0.2, -0.15) is 0 Å². The van der Waals surface area contributed by atoms with Crippen LogP contribution in [0.15, 0.2) is 30.5 Å². The predicted molar refractivity (Wildman–Crippen MR) is 90.8 cm³/mol. The minimum atomic E-state index is -0.0398. The second-order valence-corrected chi connectivity index (χ2v) is 6.84. The standard InChI is InChI=1S/C17H21N3O2S/c1-3-18-16(21)15-9-8-14(23-15)12-6-5-11-20(12)17(22)13-7-4-10-19(13)2/h4,7-10,12H,3,5-6,11H2,1-2H3,(H,18,21)/t12-/m0/s1. The number of aryl methyl sites for hydroxylation is 1. The van der Waals surface area contributed by atoms with Gasteiger partial charge in [-0.1, -0.05) is 0 Å². The zero-order valence-electron chi connectivity index (χ0n) is 13.4. The maximum absolute atomic E-state index is 12.8. The van der Waals surface area contributed by atoms with Crippen molar-refractivity contribution < 1.29 is 9.59 Å². The van der Waals surface area contributed by atoms with Crippen molar-refractivity contribution in [3.8, 4) is 0 Å². The number of amides is 2. The van der Waals surface area contributed by atoms with Gasteiger partial charge in [0.1, 0.15) is 5.69 Å². The summed E-state index contributed by atoms with van der Waals surface area (Å²) < 4.78 is 1.85. The van der Waals surface area contributed by atoms with Gasteiger partial charge >= 0.3 is 0 Å². The molecular weight excluding hydrogens is 310 g/mol. The molecule has 1 fully saturated rings. The van der Waals surface area contributed by atoms with Gasteiger partial charge in [-0.25, -0.2) is 0 Å². The smallest absolute Gasteiger partial charge is 0.271 e. The van der Waals surface area contributed by atoms with Crippen LogP contribution in [0.5, 0.6) is 0 Å². The van der Waals surface area contributed by atoms with Crippen molar-refractivity contribution in [1.82, 2.24) is 14.8 Å². The van der Waals surface area contributed by atoms with Crippen LogP contribution in [0.2, 0.25) is 0 Å². The van der Waals surface area contributed by atoms with Crippen LogP contribution in [-0.4, -0.2) is 34.4 Å². The number of hydrogen-bond acceptors (Lipinski definition) is 3. The van der Waals surface area contributed by atoms with Crippen molar-refractivity contribution in [3.05, 3.63) is 45.9 Å². The molecule has 1 atom stereocenters. The van der Waals surface area contributed by atoms with Crippen LogP contribution in [0.25, 0.3) is 0 Å². The van der Waals surface area contributed by atoms with Gasteiger partial charge in [-0.3, -0.25) is 9.59 Å². The molecule has 1 N–H and O–H groups in total. The van der Waals surface area contributed by atoms with E-state index in [-0.39, 0.29) is 17.9 Å². The molecule has 0 unspecified atom stereocenters. The summed E-state index contributed by atoms with van der Waals surface area (Å²) in [6.07, 6.45) is 3.83. The van der Waals surface area contributed by atoms with Gasteiger partial charge in [0.15, 0.2) is 0 Å². The maximum atomic E-state index is 12.8. The summed E-state index contributed by atoms with van der Waals surface area (Å²) in [5.41, 5.74) is 0.706. The van der Waals surface area contributed by atoms with Crippen LogP contribution >= 0.6 is 11.3 Å². The Morgan fingerprint density at radius 2 is 2.17 bits per heavy atom. The minimum absolute atomic E-state index is 0.0398. The first kappa shape index (κ1) is 15.8. The molecule has 122 valence electrons. The molecule has 2 aromatic heterocycles. The van der Waals surface area contributed by atoms with Gasteiger partial charge in [0.05, 0.1) is 10.9 Å². The number of aromatic nitrogens is 1. The van der Waals surface area contributed by atoms with E-state index in [2.05, 4.69) is 5.32 Å². The quantitative estimate of drug-likeness (QED) is 0.936. The zero-order chi connectivity index (χ0) is 16.4. The lowest BCUT2D eigenvalue weighted by Crippen LogP contribution is -2.31. The molecule has 6 heteroatoms. The van der Waals surface area contributed by atoms with E-state index >= 15 is 0 Å². The van der Waals surface area contributed by atoms with Crippen LogP contribution in [0, 0.1) is 0 Å². The molecule has 23 heavy (non-hydrogen) atoms. The summed E-state index contributed by atoms with van der Waals surface area (Å²) >= 11 is 1.49. The Hall–Kier alpha value is -2.08. The number of carbonyl (C=O) groups excluding carboxylic acids is 2. The number of likely N-dealkylation sites (tertiary alicyclic amines) is 1. The van der Waals surface area contributed by atoms with E-state index in [1.54, 1.807) is 0 Å². The number of nitrogens with zero attached hydrogens (tertiary/aromatic N) is 2. The number of carbonyl (C=O) groups is 2. The predicted octanol–water partition coefficient (Wildman–Crippen LogP) is 2.81. The highest BCUT2D eigenvalue weighted by atomic mass is 32.1. The molecule has 0 aromatic carbocycles. The van der Waals surface area contributed by atoms with Crippen LogP contribution in [0.4, 0.5) is 0 Å². The molecule has 0 saturated carbocycles. The molecule has 2 aromatic rings. The molecule has 0 bridgehead atoms. The van der Waals surface area contributed by atoms with E-state index in [9.17, 15) is 9.59 Å². The summed E-state index contributed by atoms with van der Waals surface area (Å²) in [4.78, 5) is 28.5. The van der Waals surface area contributed by atoms with Crippen molar-refractivity contribution in [2.75, 3.05) is 13.1 Å². The Morgan fingerprint density at radius 1 is 1.35 bits per heavy atom. The number of hydrogen-bond donors (Lipinski definition) is 1. The van der Waals surface area contributed by atoms with Crippen molar-refractivity contribution in [2.45, 2.75) is 25.8 Å². The van der Waals surface area contributed by atoms with Crippen LogP contribution in [0.1, 0.15) is 50.8 Å². The van der Waals surface area contributed by atoms with Crippen LogP contribution < -0.4 is 5.32 Å². The summed E-state index contributed by atoms with van der Waals surface area (Å²) in [6.45, 7) is 3.29. The molecule has 0 spiro atoms. The molecular formula is C17H21N3O2S. The Labute approximate surface area is 139 Å². The lowest BCUT2D eigenvalue weighted by Gasteiger charge is -2.24. The molecule has 0 aliphatic carbocycles. The van der Waals surface area contributed by atoms with Gasteiger partial charge in [-0.05, 0) is 44.0 Å². The average Bonchev–Trinajstić information content (AvgIpc) is 3.26. The fourth-order valence-corrected chi connectivity index (χ4v) is 4.11. The van der Waals surface area contributed by atoms with Gasteiger partial charge in [0.25, 0.3) is 11.8 Å². The Bertz CT molecular complexity index is 719. The first-order chi connectivity index (χ1) is 11.1. The van der Waals surface area contributed by atoms with Gasteiger partial charge in [0.2, 0.25) is 0 Å². The molecule has 1 aliphatic heterocycles. The topological polar surface area (TPSA) is 54.3 Å². The van der Waals surface area contributed by atoms with Gasteiger partial charge in [-0.15, -0.1) is 11.3 Å². The third-order valence-corrected chi connectivity index (χ3v) is 5.38. The van der Waals surface area contributed by atoms with Crippen molar-refractivity contribution in [1.29, 1.82) is 0 Å². The minimum Gasteiger partial charge on any atom is -0.352 e. The SMILES string of the molecule is CCNC(=O)c1ccc([C@@H]2CCCN2C(=O)c2cccn2C)s1. The molecule has 3 heterocycles. The summed E-state index contributed by atoms with van der Waals surface area (Å²) in [6, 6.07) is 7.65. The summed E-state index contributed by atoms with van der Waals surface area (Å²) in [5, 5.41) is 2.82.